The Labute approximate surface area is 105 Å². The molecule has 0 bridgehead atoms. The van der Waals surface area contributed by atoms with Crippen LogP contribution in [0, 0.1) is 5.92 Å². The molecule has 0 aliphatic heterocycles. The van der Waals surface area contributed by atoms with Crippen molar-refractivity contribution in [3.8, 4) is 0 Å². The van der Waals surface area contributed by atoms with Gasteiger partial charge in [-0.3, -0.25) is 0 Å². The maximum Gasteiger partial charge on any atom is 0.358 e. The molecule has 0 amide bonds. The van der Waals surface area contributed by atoms with E-state index in [0.29, 0.717) is 19.1 Å². The minimum Gasteiger partial charge on any atom is -0.458 e. The molecule has 0 N–H and O–H groups in total. The molecule has 0 atom stereocenters. The highest BCUT2D eigenvalue weighted by Gasteiger charge is 2.09. The van der Waals surface area contributed by atoms with Gasteiger partial charge in [-0.1, -0.05) is 25.4 Å². The van der Waals surface area contributed by atoms with E-state index in [1.54, 1.807) is 0 Å². The fraction of sp³-hybridized carbons (Fsp3) is 0.545. The summed E-state index contributed by atoms with van der Waals surface area (Å²) < 4.78 is 10.2. The Morgan fingerprint density at radius 1 is 1.35 bits per heavy atom. The van der Waals surface area contributed by atoms with Crippen LogP contribution in [0.25, 0.3) is 0 Å². The summed E-state index contributed by atoms with van der Waals surface area (Å²) in [7, 11) is 0. The molecule has 1 rings (SSSR count). The van der Waals surface area contributed by atoms with Crippen LogP contribution >= 0.6 is 11.6 Å². The zero-order valence-electron chi connectivity index (χ0n) is 9.85. The summed E-state index contributed by atoms with van der Waals surface area (Å²) in [5.41, 5.74) is 0.137. The molecule has 0 fully saturated rings. The van der Waals surface area contributed by atoms with E-state index in [4.69, 9.17) is 21.1 Å². The van der Waals surface area contributed by atoms with Gasteiger partial charge < -0.3 is 9.47 Å². The molecule has 0 aromatic carbocycles. The molecular formula is C11H15ClN2O3. The molecule has 6 heteroatoms. The van der Waals surface area contributed by atoms with Gasteiger partial charge in [-0.15, -0.1) is 10.2 Å². The molecule has 0 saturated heterocycles. The summed E-state index contributed by atoms with van der Waals surface area (Å²) in [6, 6.07) is 2.95. The number of nitrogens with zero attached hydrogens (tertiary/aromatic N) is 2. The highest BCUT2D eigenvalue weighted by atomic mass is 35.5. The van der Waals surface area contributed by atoms with Crippen molar-refractivity contribution in [1.29, 1.82) is 0 Å². The van der Waals surface area contributed by atoms with Crippen molar-refractivity contribution >= 4 is 17.6 Å². The van der Waals surface area contributed by atoms with E-state index in [-0.39, 0.29) is 17.5 Å². The third-order valence-electron chi connectivity index (χ3n) is 1.75. The number of halogens is 1. The van der Waals surface area contributed by atoms with E-state index in [9.17, 15) is 4.79 Å². The maximum absolute atomic E-state index is 11.4. The number of ether oxygens (including phenoxy) is 2. The normalized spacial score (nSPS) is 10.6. The number of rotatable bonds is 6. The van der Waals surface area contributed by atoms with Gasteiger partial charge in [0.2, 0.25) is 0 Å². The van der Waals surface area contributed by atoms with Crippen LogP contribution in [-0.2, 0) is 9.47 Å². The van der Waals surface area contributed by atoms with Crippen LogP contribution in [0.4, 0.5) is 0 Å². The van der Waals surface area contributed by atoms with Crippen LogP contribution < -0.4 is 0 Å². The van der Waals surface area contributed by atoms with Crippen molar-refractivity contribution in [3.63, 3.8) is 0 Å². The predicted octanol–water partition coefficient (Wildman–Crippen LogP) is 1.96. The number of aromatic nitrogens is 2. The lowest BCUT2D eigenvalue weighted by atomic mass is 10.2. The summed E-state index contributed by atoms with van der Waals surface area (Å²) in [5.74, 6) is -0.0600. The van der Waals surface area contributed by atoms with Gasteiger partial charge in [0.1, 0.15) is 6.61 Å². The number of hydrogen-bond donors (Lipinski definition) is 0. The molecule has 17 heavy (non-hydrogen) atoms. The summed E-state index contributed by atoms with van der Waals surface area (Å²) in [6.07, 6.45) is 0. The standard InChI is InChI=1S/C11H15ClN2O3/c1-8(2)7-16-5-6-17-11(15)9-3-4-10(12)14-13-9/h3-4,8H,5-7H2,1-2H3. The van der Waals surface area contributed by atoms with Crippen LogP contribution in [0.1, 0.15) is 24.3 Å². The number of esters is 1. The lowest BCUT2D eigenvalue weighted by molar-refractivity contribution is 0.0271. The van der Waals surface area contributed by atoms with Gasteiger partial charge in [0, 0.05) is 6.61 Å². The van der Waals surface area contributed by atoms with Crippen LogP contribution in [0.15, 0.2) is 12.1 Å². The Hall–Kier alpha value is -1.20. The fourth-order valence-corrected chi connectivity index (χ4v) is 1.11. The Kier molecular flexibility index (Phi) is 5.86. The number of hydrogen-bond acceptors (Lipinski definition) is 5. The molecule has 0 unspecified atom stereocenters. The molecule has 0 spiro atoms. The van der Waals surface area contributed by atoms with Crippen LogP contribution in [0.2, 0.25) is 5.15 Å². The van der Waals surface area contributed by atoms with E-state index in [2.05, 4.69) is 24.0 Å². The smallest absolute Gasteiger partial charge is 0.358 e. The fourth-order valence-electron chi connectivity index (χ4n) is 1.01. The first kappa shape index (κ1) is 13.9. The van der Waals surface area contributed by atoms with E-state index in [0.717, 1.165) is 0 Å². The summed E-state index contributed by atoms with van der Waals surface area (Å²) in [4.78, 5) is 11.4. The second-order valence-corrected chi connectivity index (χ2v) is 4.23. The molecule has 94 valence electrons. The summed E-state index contributed by atoms with van der Waals surface area (Å²) in [5, 5.41) is 7.40. The number of carbonyl (C=O) groups excluding carboxylic acids is 1. The minimum atomic E-state index is -0.526. The molecule has 0 radical (unpaired) electrons. The van der Waals surface area contributed by atoms with Crippen LogP contribution in [-0.4, -0.2) is 36.0 Å². The van der Waals surface area contributed by atoms with Crippen molar-refractivity contribution < 1.29 is 14.3 Å². The van der Waals surface area contributed by atoms with Crippen molar-refractivity contribution in [1.82, 2.24) is 10.2 Å². The third-order valence-corrected chi connectivity index (χ3v) is 1.95. The molecule has 0 saturated carbocycles. The Morgan fingerprint density at radius 3 is 2.71 bits per heavy atom. The van der Waals surface area contributed by atoms with Gasteiger partial charge >= 0.3 is 5.97 Å². The molecule has 1 heterocycles. The van der Waals surface area contributed by atoms with Gasteiger partial charge in [0.05, 0.1) is 6.61 Å². The van der Waals surface area contributed by atoms with Crippen molar-refractivity contribution in [2.45, 2.75) is 13.8 Å². The second kappa shape index (κ2) is 7.19. The molecule has 1 aromatic rings. The summed E-state index contributed by atoms with van der Waals surface area (Å²) in [6.45, 7) is 5.34. The molecule has 0 aliphatic rings. The molecule has 5 nitrogen and oxygen atoms in total. The van der Waals surface area contributed by atoms with Crippen molar-refractivity contribution in [2.24, 2.45) is 5.92 Å². The van der Waals surface area contributed by atoms with Gasteiger partial charge in [-0.25, -0.2) is 4.79 Å². The van der Waals surface area contributed by atoms with Gasteiger partial charge in [-0.05, 0) is 18.1 Å². The van der Waals surface area contributed by atoms with Crippen molar-refractivity contribution in [2.75, 3.05) is 19.8 Å². The lowest BCUT2D eigenvalue weighted by Crippen LogP contribution is -2.14. The van der Waals surface area contributed by atoms with E-state index >= 15 is 0 Å². The average molecular weight is 259 g/mol. The van der Waals surface area contributed by atoms with Gasteiger partial charge in [0.25, 0.3) is 0 Å². The predicted molar refractivity (Wildman–Crippen MR) is 63.0 cm³/mol. The Bertz CT molecular complexity index is 354. The van der Waals surface area contributed by atoms with Gasteiger partial charge in [-0.2, -0.15) is 0 Å². The van der Waals surface area contributed by atoms with Crippen LogP contribution in [0.5, 0.6) is 0 Å². The first-order valence-electron chi connectivity index (χ1n) is 5.33. The molecular weight excluding hydrogens is 244 g/mol. The zero-order chi connectivity index (χ0) is 12.7. The van der Waals surface area contributed by atoms with E-state index in [1.165, 1.54) is 12.1 Å². The minimum absolute atomic E-state index is 0.137. The SMILES string of the molecule is CC(C)COCCOC(=O)c1ccc(Cl)nn1. The quantitative estimate of drug-likeness (QED) is 0.577. The van der Waals surface area contributed by atoms with E-state index in [1.807, 2.05) is 0 Å². The van der Waals surface area contributed by atoms with E-state index < -0.39 is 5.97 Å². The second-order valence-electron chi connectivity index (χ2n) is 3.85. The Morgan fingerprint density at radius 2 is 2.12 bits per heavy atom. The highest BCUT2D eigenvalue weighted by molar-refractivity contribution is 6.29. The highest BCUT2D eigenvalue weighted by Crippen LogP contribution is 2.03. The first-order chi connectivity index (χ1) is 8.09. The third kappa shape index (κ3) is 5.60. The van der Waals surface area contributed by atoms with Crippen molar-refractivity contribution in [3.05, 3.63) is 23.0 Å². The summed E-state index contributed by atoms with van der Waals surface area (Å²) >= 11 is 5.55. The van der Waals surface area contributed by atoms with Gasteiger partial charge in [0.15, 0.2) is 10.8 Å². The van der Waals surface area contributed by atoms with Crippen LogP contribution in [0.3, 0.4) is 0 Å². The zero-order valence-corrected chi connectivity index (χ0v) is 10.6. The lowest BCUT2D eigenvalue weighted by Gasteiger charge is -2.07. The number of carbonyl (C=O) groups is 1. The average Bonchev–Trinajstić information content (AvgIpc) is 2.29. The Balaban J connectivity index is 2.23. The molecule has 0 aliphatic carbocycles. The largest absolute Gasteiger partial charge is 0.458 e. The monoisotopic (exact) mass is 258 g/mol. The maximum atomic E-state index is 11.4. The topological polar surface area (TPSA) is 61.3 Å². The first-order valence-corrected chi connectivity index (χ1v) is 5.71. The molecule has 1 aromatic heterocycles.